The first-order valence-corrected chi connectivity index (χ1v) is 10.0. The number of hydrogen-bond acceptors (Lipinski definition) is 5. The Balaban J connectivity index is 1.49. The minimum absolute atomic E-state index is 0.119. The van der Waals surface area contributed by atoms with Gasteiger partial charge in [-0.1, -0.05) is 0 Å². The van der Waals surface area contributed by atoms with Gasteiger partial charge in [-0.25, -0.2) is 0 Å². The third-order valence-corrected chi connectivity index (χ3v) is 5.43. The predicted molar refractivity (Wildman–Crippen MR) is 103 cm³/mol. The van der Waals surface area contributed by atoms with Crippen molar-refractivity contribution in [3.8, 4) is 5.75 Å². The number of carbonyl (C=O) groups excluding carboxylic acids is 2. The second kappa shape index (κ2) is 9.74. The molecule has 2 aliphatic rings. The van der Waals surface area contributed by atoms with Gasteiger partial charge in [0.25, 0.3) is 5.91 Å². The summed E-state index contributed by atoms with van der Waals surface area (Å²) in [5, 5.41) is 0. The summed E-state index contributed by atoms with van der Waals surface area (Å²) in [4.78, 5) is 28.5. The maximum absolute atomic E-state index is 12.9. The molecule has 0 bridgehead atoms. The molecule has 27 heavy (non-hydrogen) atoms. The Morgan fingerprint density at radius 1 is 1.07 bits per heavy atom. The number of amides is 1. The van der Waals surface area contributed by atoms with Gasteiger partial charge in [0.05, 0.1) is 13.7 Å². The number of methoxy groups -OCH3 is 1. The highest BCUT2D eigenvalue weighted by Gasteiger charge is 2.31. The van der Waals surface area contributed by atoms with E-state index < -0.39 is 0 Å². The fourth-order valence-corrected chi connectivity index (χ4v) is 3.92. The van der Waals surface area contributed by atoms with Crippen molar-refractivity contribution in [3.05, 3.63) is 29.8 Å². The standard InChI is InChI=1S/C21H30N2O4/c1-26-20(24)7-5-15-27-19-10-8-17(9-11-19)21(25)23-14-4-6-18(23)16-22-12-2-3-13-22/h8-11,18H,2-7,12-16H2,1H3/t18-/m0/s1. The van der Waals surface area contributed by atoms with Crippen molar-refractivity contribution in [1.82, 2.24) is 9.80 Å². The molecule has 1 atom stereocenters. The van der Waals surface area contributed by atoms with Crippen LogP contribution in [0.5, 0.6) is 5.75 Å². The highest BCUT2D eigenvalue weighted by atomic mass is 16.5. The first-order chi connectivity index (χ1) is 13.2. The van der Waals surface area contributed by atoms with E-state index in [1.165, 1.54) is 33.0 Å². The van der Waals surface area contributed by atoms with Crippen LogP contribution in [-0.4, -0.2) is 67.6 Å². The van der Waals surface area contributed by atoms with Gasteiger partial charge in [-0.2, -0.15) is 0 Å². The van der Waals surface area contributed by atoms with Crippen LogP contribution in [0.2, 0.25) is 0 Å². The van der Waals surface area contributed by atoms with Crippen LogP contribution in [0, 0.1) is 0 Å². The molecule has 1 aromatic rings. The highest BCUT2D eigenvalue weighted by molar-refractivity contribution is 5.94. The number of likely N-dealkylation sites (tertiary alicyclic amines) is 2. The summed E-state index contributed by atoms with van der Waals surface area (Å²) in [6, 6.07) is 7.67. The van der Waals surface area contributed by atoms with Gasteiger partial charge in [-0.3, -0.25) is 9.59 Å². The number of carbonyl (C=O) groups is 2. The molecule has 148 valence electrons. The molecule has 0 spiro atoms. The third-order valence-electron chi connectivity index (χ3n) is 5.43. The molecule has 2 fully saturated rings. The van der Waals surface area contributed by atoms with Crippen molar-refractivity contribution >= 4 is 11.9 Å². The van der Waals surface area contributed by atoms with Crippen molar-refractivity contribution in [2.75, 3.05) is 39.9 Å². The van der Waals surface area contributed by atoms with Crippen molar-refractivity contribution in [2.45, 2.75) is 44.6 Å². The summed E-state index contributed by atoms with van der Waals surface area (Å²) in [7, 11) is 1.38. The van der Waals surface area contributed by atoms with E-state index in [1.54, 1.807) is 0 Å². The normalized spacial score (nSPS) is 20.0. The van der Waals surface area contributed by atoms with Crippen LogP contribution in [0.1, 0.15) is 48.9 Å². The van der Waals surface area contributed by atoms with E-state index in [0.717, 1.165) is 25.9 Å². The number of rotatable bonds is 8. The lowest BCUT2D eigenvalue weighted by molar-refractivity contribution is -0.140. The molecule has 6 heteroatoms. The van der Waals surface area contributed by atoms with Crippen molar-refractivity contribution in [2.24, 2.45) is 0 Å². The van der Waals surface area contributed by atoms with Gasteiger partial charge in [0.15, 0.2) is 0 Å². The summed E-state index contributed by atoms with van der Waals surface area (Å²) in [6.45, 7) is 4.64. The molecule has 2 saturated heterocycles. The lowest BCUT2D eigenvalue weighted by Gasteiger charge is -2.28. The average molecular weight is 374 g/mol. The topological polar surface area (TPSA) is 59.1 Å². The van der Waals surface area contributed by atoms with Crippen LogP contribution >= 0.6 is 0 Å². The average Bonchev–Trinajstić information content (AvgIpc) is 3.37. The van der Waals surface area contributed by atoms with E-state index in [1.807, 2.05) is 29.2 Å². The molecule has 0 N–H and O–H groups in total. The van der Waals surface area contributed by atoms with Crippen molar-refractivity contribution in [1.29, 1.82) is 0 Å². The molecule has 0 radical (unpaired) electrons. The van der Waals surface area contributed by atoms with Gasteiger partial charge in [0.1, 0.15) is 5.75 Å². The van der Waals surface area contributed by atoms with Crippen LogP contribution < -0.4 is 4.74 Å². The largest absolute Gasteiger partial charge is 0.494 e. The molecule has 2 heterocycles. The number of esters is 1. The Bertz CT molecular complexity index is 626. The van der Waals surface area contributed by atoms with Gasteiger partial charge >= 0.3 is 5.97 Å². The Kier molecular flexibility index (Phi) is 7.10. The van der Waals surface area contributed by atoms with Crippen LogP contribution in [0.4, 0.5) is 0 Å². The maximum atomic E-state index is 12.9. The summed E-state index contributed by atoms with van der Waals surface area (Å²) in [6.07, 6.45) is 5.71. The van der Waals surface area contributed by atoms with Crippen LogP contribution in [0.25, 0.3) is 0 Å². The number of hydrogen-bond donors (Lipinski definition) is 0. The zero-order chi connectivity index (χ0) is 19.1. The minimum Gasteiger partial charge on any atom is -0.494 e. The lowest BCUT2D eigenvalue weighted by atomic mass is 10.1. The Morgan fingerprint density at radius 3 is 2.52 bits per heavy atom. The Morgan fingerprint density at radius 2 is 1.81 bits per heavy atom. The van der Waals surface area contributed by atoms with Crippen molar-refractivity contribution in [3.63, 3.8) is 0 Å². The predicted octanol–water partition coefficient (Wildman–Crippen LogP) is 2.72. The van der Waals surface area contributed by atoms with Crippen LogP contribution in [-0.2, 0) is 9.53 Å². The fraction of sp³-hybridized carbons (Fsp3) is 0.619. The number of benzene rings is 1. The van der Waals surface area contributed by atoms with Crippen LogP contribution in [0.3, 0.4) is 0 Å². The molecule has 1 aromatic carbocycles. The summed E-state index contributed by atoms with van der Waals surface area (Å²) in [5.74, 6) is 0.606. The molecular weight excluding hydrogens is 344 g/mol. The van der Waals surface area contributed by atoms with Gasteiger partial charge in [0.2, 0.25) is 0 Å². The molecule has 0 unspecified atom stereocenters. The second-order valence-electron chi connectivity index (χ2n) is 7.35. The fourth-order valence-electron chi connectivity index (χ4n) is 3.92. The SMILES string of the molecule is COC(=O)CCCOc1ccc(C(=O)N2CCC[C@H]2CN2CCCC2)cc1. The first kappa shape index (κ1) is 19.7. The molecule has 2 aliphatic heterocycles. The second-order valence-corrected chi connectivity index (χ2v) is 7.35. The quantitative estimate of drug-likeness (QED) is 0.517. The van der Waals surface area contributed by atoms with E-state index in [-0.39, 0.29) is 11.9 Å². The molecule has 6 nitrogen and oxygen atoms in total. The highest BCUT2D eigenvalue weighted by Crippen LogP contribution is 2.23. The molecule has 3 rings (SSSR count). The minimum atomic E-state index is -0.228. The van der Waals surface area contributed by atoms with Crippen LogP contribution in [0.15, 0.2) is 24.3 Å². The van der Waals surface area contributed by atoms with Gasteiger partial charge < -0.3 is 19.3 Å². The zero-order valence-electron chi connectivity index (χ0n) is 16.2. The van der Waals surface area contributed by atoms with Crippen molar-refractivity contribution < 1.29 is 19.1 Å². The third kappa shape index (κ3) is 5.45. The zero-order valence-corrected chi connectivity index (χ0v) is 16.2. The lowest BCUT2D eigenvalue weighted by Crippen LogP contribution is -2.42. The van der Waals surface area contributed by atoms with E-state index in [0.29, 0.717) is 36.8 Å². The first-order valence-electron chi connectivity index (χ1n) is 10.0. The summed E-state index contributed by atoms with van der Waals surface area (Å²) >= 11 is 0. The molecule has 0 aliphatic carbocycles. The molecule has 1 amide bonds. The van der Waals surface area contributed by atoms with Gasteiger partial charge in [-0.15, -0.1) is 0 Å². The molecular formula is C21H30N2O4. The molecule has 0 saturated carbocycles. The summed E-state index contributed by atoms with van der Waals surface area (Å²) < 4.78 is 10.2. The van der Waals surface area contributed by atoms with E-state index in [9.17, 15) is 9.59 Å². The van der Waals surface area contributed by atoms with Gasteiger partial charge in [0, 0.05) is 31.1 Å². The van der Waals surface area contributed by atoms with Gasteiger partial charge in [-0.05, 0) is 69.5 Å². The Hall–Kier alpha value is -2.08. The number of ether oxygens (including phenoxy) is 2. The van der Waals surface area contributed by atoms with E-state index in [2.05, 4.69) is 9.64 Å². The summed E-state index contributed by atoms with van der Waals surface area (Å²) in [5.41, 5.74) is 0.713. The maximum Gasteiger partial charge on any atom is 0.305 e. The molecule has 0 aromatic heterocycles. The van der Waals surface area contributed by atoms with E-state index in [4.69, 9.17) is 4.74 Å². The monoisotopic (exact) mass is 374 g/mol. The Labute approximate surface area is 161 Å². The van der Waals surface area contributed by atoms with E-state index >= 15 is 0 Å². The number of nitrogens with zero attached hydrogens (tertiary/aromatic N) is 2. The smallest absolute Gasteiger partial charge is 0.305 e.